The molecule has 112 valence electrons. The van der Waals surface area contributed by atoms with Crippen LogP contribution in [-0.2, 0) is 4.57 Å². The van der Waals surface area contributed by atoms with Gasteiger partial charge in [0.05, 0.1) is 23.8 Å². The average molecular weight is 306 g/mol. The van der Waals surface area contributed by atoms with E-state index in [1.165, 1.54) is 0 Å². The highest BCUT2D eigenvalue weighted by atomic mass is 31.2. The zero-order valence-electron chi connectivity index (χ0n) is 12.2. The van der Waals surface area contributed by atoms with Gasteiger partial charge in [-0.25, -0.2) is 0 Å². The van der Waals surface area contributed by atoms with E-state index < -0.39 is 7.37 Å². The fraction of sp³-hybridized carbons (Fsp3) is 0.250. The van der Waals surface area contributed by atoms with Crippen LogP contribution in [0.15, 0.2) is 48.5 Å². The van der Waals surface area contributed by atoms with Crippen LogP contribution in [0.1, 0.15) is 13.8 Å². The zero-order chi connectivity index (χ0) is 15.3. The summed E-state index contributed by atoms with van der Waals surface area (Å²) in [6, 6.07) is 13.7. The van der Waals surface area contributed by atoms with Crippen LogP contribution in [0.2, 0.25) is 0 Å². The van der Waals surface area contributed by atoms with E-state index in [1.807, 2.05) is 13.8 Å². The Kier molecular flexibility index (Phi) is 5.05. The van der Waals surface area contributed by atoms with Crippen LogP contribution in [0.5, 0.6) is 11.5 Å². The minimum absolute atomic E-state index is 0.291. The fourth-order valence-corrected chi connectivity index (χ4v) is 3.81. The van der Waals surface area contributed by atoms with E-state index in [0.29, 0.717) is 35.3 Å². The molecule has 0 radical (unpaired) electrons. The molecular weight excluding hydrogens is 287 g/mol. The molecule has 0 aliphatic carbocycles. The Labute approximate surface area is 124 Å². The van der Waals surface area contributed by atoms with Crippen LogP contribution in [0.3, 0.4) is 0 Å². The molecule has 4 nitrogen and oxygen atoms in total. The Bertz CT molecular complexity index is 601. The number of hydrogen-bond acceptors (Lipinski definition) is 3. The number of para-hydroxylation sites is 2. The monoisotopic (exact) mass is 306 g/mol. The second kappa shape index (κ2) is 6.79. The number of rotatable bonds is 6. The summed E-state index contributed by atoms with van der Waals surface area (Å²) in [5, 5.41) is 0.581. The molecule has 2 rings (SSSR count). The quantitative estimate of drug-likeness (QED) is 0.834. The molecule has 0 unspecified atom stereocenters. The molecule has 0 heterocycles. The highest BCUT2D eigenvalue weighted by Crippen LogP contribution is 2.44. The van der Waals surface area contributed by atoms with Gasteiger partial charge in [0.25, 0.3) is 7.37 Å². The smallest absolute Gasteiger partial charge is 0.266 e. The Hall–Kier alpha value is -1.77. The summed E-state index contributed by atoms with van der Waals surface area (Å²) in [5.41, 5.74) is 0. The van der Waals surface area contributed by atoms with Gasteiger partial charge >= 0.3 is 0 Å². The highest BCUT2D eigenvalue weighted by Gasteiger charge is 2.30. The lowest BCUT2D eigenvalue weighted by atomic mass is 10.3. The average Bonchev–Trinajstić information content (AvgIpc) is 2.49. The third-order valence-electron chi connectivity index (χ3n) is 2.98. The molecule has 1 N–H and O–H groups in total. The molecular formula is C16H19O4P. The maximum atomic E-state index is 13.0. The minimum Gasteiger partial charge on any atom is -0.493 e. The van der Waals surface area contributed by atoms with Crippen LogP contribution in [0.4, 0.5) is 0 Å². The Balaban J connectivity index is 2.55. The van der Waals surface area contributed by atoms with Crippen molar-refractivity contribution in [2.45, 2.75) is 13.8 Å². The molecule has 0 spiro atoms. The molecule has 0 amide bonds. The van der Waals surface area contributed by atoms with E-state index in [0.717, 1.165) is 0 Å². The first-order valence-corrected chi connectivity index (χ1v) is 8.54. The molecule has 0 bridgehead atoms. The standard InChI is InChI=1S/C16H19O4P/c1-3-19-13-9-5-7-11-15(13)21(17,18)16-12-8-6-10-14(16)20-4-2/h5-12H,3-4H2,1-2H3,(H,17,18). The van der Waals surface area contributed by atoms with Gasteiger partial charge in [-0.15, -0.1) is 0 Å². The maximum Gasteiger partial charge on any atom is 0.266 e. The molecule has 2 aromatic carbocycles. The first kappa shape index (κ1) is 15.6. The molecule has 0 saturated carbocycles. The van der Waals surface area contributed by atoms with Crippen molar-refractivity contribution in [3.05, 3.63) is 48.5 Å². The molecule has 0 saturated heterocycles. The van der Waals surface area contributed by atoms with Crippen LogP contribution in [0.25, 0.3) is 0 Å². The van der Waals surface area contributed by atoms with Crippen molar-refractivity contribution in [3.8, 4) is 11.5 Å². The van der Waals surface area contributed by atoms with Crippen molar-refractivity contribution in [1.82, 2.24) is 0 Å². The zero-order valence-corrected chi connectivity index (χ0v) is 13.0. The van der Waals surface area contributed by atoms with E-state index in [4.69, 9.17) is 9.47 Å². The second-order valence-electron chi connectivity index (χ2n) is 4.38. The number of benzene rings is 2. The summed E-state index contributed by atoms with van der Waals surface area (Å²) < 4.78 is 23.9. The molecule has 5 heteroatoms. The first-order chi connectivity index (χ1) is 10.1. The Morgan fingerprint density at radius 3 is 1.62 bits per heavy atom. The van der Waals surface area contributed by atoms with Crippen molar-refractivity contribution >= 4 is 18.0 Å². The number of ether oxygens (including phenoxy) is 2. The number of hydrogen-bond donors (Lipinski definition) is 1. The van der Waals surface area contributed by atoms with Gasteiger partial charge in [0, 0.05) is 0 Å². The van der Waals surface area contributed by atoms with Crippen LogP contribution in [0, 0.1) is 0 Å². The third kappa shape index (κ3) is 3.29. The van der Waals surface area contributed by atoms with Gasteiger partial charge in [-0.3, -0.25) is 4.57 Å². The SMILES string of the molecule is CCOc1ccccc1P(=O)(O)c1ccccc1OCC. The molecule has 0 fully saturated rings. The topological polar surface area (TPSA) is 55.8 Å². The fourth-order valence-electron chi connectivity index (χ4n) is 2.10. The predicted molar refractivity (Wildman–Crippen MR) is 84.3 cm³/mol. The van der Waals surface area contributed by atoms with Gasteiger partial charge in [0.2, 0.25) is 0 Å². The van der Waals surface area contributed by atoms with E-state index in [1.54, 1.807) is 48.5 Å². The summed E-state index contributed by atoms with van der Waals surface area (Å²) >= 11 is 0. The predicted octanol–water partition coefficient (Wildman–Crippen LogP) is 2.71. The lowest BCUT2D eigenvalue weighted by Gasteiger charge is -2.18. The minimum atomic E-state index is -3.78. The van der Waals surface area contributed by atoms with Gasteiger partial charge in [-0.05, 0) is 38.1 Å². The van der Waals surface area contributed by atoms with Crippen molar-refractivity contribution in [2.24, 2.45) is 0 Å². The van der Waals surface area contributed by atoms with Gasteiger partial charge in [0.15, 0.2) is 0 Å². The van der Waals surface area contributed by atoms with Crippen molar-refractivity contribution in [3.63, 3.8) is 0 Å². The molecule has 21 heavy (non-hydrogen) atoms. The van der Waals surface area contributed by atoms with E-state index in [9.17, 15) is 9.46 Å². The normalized spacial score (nSPS) is 11.2. The summed E-state index contributed by atoms with van der Waals surface area (Å²) in [7, 11) is -3.78. The summed E-state index contributed by atoms with van der Waals surface area (Å²) in [6.45, 7) is 4.55. The Morgan fingerprint density at radius 2 is 1.24 bits per heavy atom. The largest absolute Gasteiger partial charge is 0.493 e. The highest BCUT2D eigenvalue weighted by molar-refractivity contribution is 7.73. The van der Waals surface area contributed by atoms with Crippen LogP contribution >= 0.6 is 7.37 Å². The molecule has 0 aliphatic rings. The van der Waals surface area contributed by atoms with Crippen LogP contribution in [-0.4, -0.2) is 18.1 Å². The molecule has 0 aliphatic heterocycles. The lowest BCUT2D eigenvalue weighted by Crippen LogP contribution is -2.20. The molecule has 2 aromatic rings. The second-order valence-corrected chi connectivity index (χ2v) is 6.49. The van der Waals surface area contributed by atoms with Crippen LogP contribution < -0.4 is 20.1 Å². The van der Waals surface area contributed by atoms with Gasteiger partial charge in [-0.1, -0.05) is 24.3 Å². The summed E-state index contributed by atoms with van der Waals surface area (Å²) in [6.07, 6.45) is 0. The van der Waals surface area contributed by atoms with Gasteiger partial charge in [0.1, 0.15) is 11.5 Å². The van der Waals surface area contributed by atoms with Crippen molar-refractivity contribution in [2.75, 3.05) is 13.2 Å². The molecule has 0 atom stereocenters. The van der Waals surface area contributed by atoms with Gasteiger partial charge < -0.3 is 14.4 Å². The van der Waals surface area contributed by atoms with Gasteiger partial charge in [-0.2, -0.15) is 0 Å². The summed E-state index contributed by atoms with van der Waals surface area (Å²) in [5.74, 6) is 0.856. The van der Waals surface area contributed by atoms with E-state index in [-0.39, 0.29) is 0 Å². The van der Waals surface area contributed by atoms with E-state index >= 15 is 0 Å². The molecule has 0 aromatic heterocycles. The third-order valence-corrected chi connectivity index (χ3v) is 5.03. The Morgan fingerprint density at radius 1 is 0.857 bits per heavy atom. The summed E-state index contributed by atoms with van der Waals surface area (Å²) in [4.78, 5) is 10.7. The maximum absolute atomic E-state index is 13.0. The van der Waals surface area contributed by atoms with Crippen molar-refractivity contribution < 1.29 is 18.9 Å². The lowest BCUT2D eigenvalue weighted by molar-refractivity contribution is 0.341. The van der Waals surface area contributed by atoms with Crippen molar-refractivity contribution in [1.29, 1.82) is 0 Å². The van der Waals surface area contributed by atoms with E-state index in [2.05, 4.69) is 0 Å². The first-order valence-electron chi connectivity index (χ1n) is 6.88.